The van der Waals surface area contributed by atoms with Crippen molar-refractivity contribution in [2.75, 3.05) is 0 Å². The Morgan fingerprint density at radius 3 is 2.75 bits per heavy atom. The first-order valence-corrected chi connectivity index (χ1v) is 2.16. The van der Waals surface area contributed by atoms with Crippen LogP contribution in [-0.4, -0.2) is 6.29 Å². The van der Waals surface area contributed by atoms with Gasteiger partial charge in [0.05, 0.1) is 0 Å². The molecule has 8 heavy (non-hydrogen) atoms. The van der Waals surface area contributed by atoms with Crippen LogP contribution in [0.4, 0.5) is 0 Å². The molecule has 2 heteroatoms. The molecule has 0 heterocycles. The van der Waals surface area contributed by atoms with Crippen LogP contribution in [-0.2, 0) is 4.79 Å². The summed E-state index contributed by atoms with van der Waals surface area (Å²) < 4.78 is 0. The van der Waals surface area contributed by atoms with E-state index in [0.717, 1.165) is 12.7 Å². The van der Waals surface area contributed by atoms with E-state index in [1.165, 1.54) is 0 Å². The first kappa shape index (κ1) is 8.15. The van der Waals surface area contributed by atoms with Gasteiger partial charge in [-0.05, 0) is 0 Å². The van der Waals surface area contributed by atoms with Crippen LogP contribution < -0.4 is 29.6 Å². The molecule has 1 rings (SSSR count). The molecule has 1 aliphatic rings. The molecule has 36 valence electrons. The van der Waals surface area contributed by atoms with E-state index in [0.29, 0.717) is 5.57 Å². The average molecular weight is 116 g/mol. The Kier molecular flexibility index (Phi) is 4.15. The van der Waals surface area contributed by atoms with E-state index < -0.39 is 0 Å². The van der Waals surface area contributed by atoms with Gasteiger partial charge in [0.2, 0.25) is 0 Å². The molecule has 0 atom stereocenters. The summed E-state index contributed by atoms with van der Waals surface area (Å²) in [6.45, 7) is 0. The van der Waals surface area contributed by atoms with Crippen molar-refractivity contribution < 1.29 is 34.4 Å². The van der Waals surface area contributed by atoms with Crippen molar-refractivity contribution in [3.63, 3.8) is 0 Å². The molecule has 0 spiro atoms. The summed E-state index contributed by atoms with van der Waals surface area (Å²) in [6.07, 6.45) is 8.13. The Labute approximate surface area is 70.8 Å². The van der Waals surface area contributed by atoms with Gasteiger partial charge in [0.15, 0.2) is 0 Å². The Morgan fingerprint density at radius 2 is 2.50 bits per heavy atom. The monoisotopic (exact) mass is 116 g/mol. The Hall–Kier alpha value is 0.150. The quantitative estimate of drug-likeness (QED) is 0.217. The van der Waals surface area contributed by atoms with Crippen LogP contribution in [0.2, 0.25) is 0 Å². The third-order valence-electron chi connectivity index (χ3n) is 0.848. The van der Waals surface area contributed by atoms with Crippen molar-refractivity contribution in [2.45, 2.75) is 6.42 Å². The maximum absolute atomic E-state index is 9.86. The Bertz CT molecular complexity index is 135. The third kappa shape index (κ3) is 1.95. The van der Waals surface area contributed by atoms with E-state index in [-0.39, 0.29) is 29.6 Å². The fourth-order valence-electron chi connectivity index (χ4n) is 0.503. The van der Waals surface area contributed by atoms with Crippen LogP contribution in [0.3, 0.4) is 0 Å². The topological polar surface area (TPSA) is 17.1 Å². The second kappa shape index (κ2) is 4.07. The molecule has 0 N–H and O–H groups in total. The Morgan fingerprint density at radius 1 is 1.75 bits per heavy atom. The van der Waals surface area contributed by atoms with E-state index >= 15 is 0 Å². The summed E-state index contributed by atoms with van der Waals surface area (Å²) in [7, 11) is 0. The van der Waals surface area contributed by atoms with Crippen molar-refractivity contribution >= 4 is 6.29 Å². The maximum atomic E-state index is 9.86. The summed E-state index contributed by atoms with van der Waals surface area (Å²) in [4.78, 5) is 9.86. The molecular weight excluding hydrogens is 111 g/mol. The van der Waals surface area contributed by atoms with Gasteiger partial charge in [-0.2, -0.15) is 17.7 Å². The number of carbonyl (C=O) groups is 1. The number of aldehydes is 1. The van der Waals surface area contributed by atoms with E-state index in [9.17, 15) is 4.79 Å². The van der Waals surface area contributed by atoms with Crippen LogP contribution in [0.1, 0.15) is 6.42 Å². The Balaban J connectivity index is 0.000000490. The van der Waals surface area contributed by atoms with E-state index in [4.69, 9.17) is 0 Å². The zero-order valence-corrected chi connectivity index (χ0v) is 6.85. The molecule has 0 saturated heterocycles. The maximum Gasteiger partial charge on any atom is 1.00 e. The molecule has 0 amide bonds. The van der Waals surface area contributed by atoms with Crippen LogP contribution in [0.15, 0.2) is 17.7 Å². The number of rotatable bonds is 1. The van der Waals surface area contributed by atoms with Gasteiger partial charge in [-0.15, -0.1) is 6.08 Å². The third-order valence-corrected chi connectivity index (χ3v) is 0.848. The summed E-state index contributed by atoms with van der Waals surface area (Å²) in [6, 6.07) is 0. The van der Waals surface area contributed by atoms with Crippen LogP contribution in [0.5, 0.6) is 0 Å². The molecule has 0 bridgehead atoms. The van der Waals surface area contributed by atoms with Gasteiger partial charge in [0.1, 0.15) is 0 Å². The van der Waals surface area contributed by atoms with Crippen LogP contribution >= 0.6 is 0 Å². The molecule has 0 unspecified atom stereocenters. The minimum absolute atomic E-state index is 0. The number of carbonyl (C=O) groups excluding carboxylic acids is 1. The van der Waals surface area contributed by atoms with Gasteiger partial charge in [-0.3, -0.25) is 0 Å². The molecule has 0 aromatic rings. The summed E-state index contributed by atoms with van der Waals surface area (Å²) in [5.41, 5.74) is 0.681. The molecule has 1 aliphatic carbocycles. The summed E-state index contributed by atoms with van der Waals surface area (Å²) in [5.74, 6) is 0. The standard InChI is InChI=1S/C6H5O.Na/c7-5-6-3-1-2-4-6;/h1,3,5H,2H2;/q-1;+1. The van der Waals surface area contributed by atoms with Crippen molar-refractivity contribution in [2.24, 2.45) is 0 Å². The van der Waals surface area contributed by atoms with E-state index in [2.05, 4.69) is 6.08 Å². The number of hydrogen-bond acceptors (Lipinski definition) is 1. The fourth-order valence-corrected chi connectivity index (χ4v) is 0.503. The zero-order chi connectivity index (χ0) is 5.11. The van der Waals surface area contributed by atoms with Gasteiger partial charge >= 0.3 is 29.6 Å². The van der Waals surface area contributed by atoms with E-state index in [1.807, 2.05) is 6.08 Å². The normalized spacial score (nSPS) is 14.8. The van der Waals surface area contributed by atoms with Gasteiger partial charge in [-0.25, -0.2) is 0 Å². The predicted octanol–water partition coefficient (Wildman–Crippen LogP) is -2.12. The minimum Gasteiger partial charge on any atom is -0.374 e. The molecule has 0 aliphatic heterocycles. The molecule has 0 saturated carbocycles. The summed E-state index contributed by atoms with van der Waals surface area (Å²) in [5, 5.41) is 0. The second-order valence-corrected chi connectivity index (χ2v) is 1.36. The summed E-state index contributed by atoms with van der Waals surface area (Å²) >= 11 is 0. The number of allylic oxidation sites excluding steroid dienone is 4. The predicted molar refractivity (Wildman–Crippen MR) is 26.6 cm³/mol. The van der Waals surface area contributed by atoms with Crippen molar-refractivity contribution in [3.8, 4) is 0 Å². The minimum atomic E-state index is 0. The number of hydrogen-bond donors (Lipinski definition) is 0. The first-order chi connectivity index (χ1) is 3.43. The SMILES string of the molecule is O=CC1=[C-]CC=C1.[Na+]. The molecule has 0 aromatic heterocycles. The van der Waals surface area contributed by atoms with Crippen LogP contribution in [0.25, 0.3) is 0 Å². The van der Waals surface area contributed by atoms with Gasteiger partial charge in [-0.1, -0.05) is 6.42 Å². The van der Waals surface area contributed by atoms with Gasteiger partial charge in [0, 0.05) is 6.29 Å². The largest absolute Gasteiger partial charge is 1.00 e. The average Bonchev–Trinajstić information content (AvgIpc) is 2.14. The fraction of sp³-hybridized carbons (Fsp3) is 0.167. The molecule has 0 radical (unpaired) electrons. The molecule has 0 aromatic carbocycles. The van der Waals surface area contributed by atoms with E-state index in [1.54, 1.807) is 6.08 Å². The molecule has 1 nitrogen and oxygen atoms in total. The zero-order valence-electron chi connectivity index (χ0n) is 4.85. The molecular formula is C6H5NaO. The van der Waals surface area contributed by atoms with Crippen LogP contribution in [0, 0.1) is 6.08 Å². The van der Waals surface area contributed by atoms with Crippen molar-refractivity contribution in [1.29, 1.82) is 0 Å². The molecule has 0 fully saturated rings. The second-order valence-electron chi connectivity index (χ2n) is 1.36. The van der Waals surface area contributed by atoms with Gasteiger partial charge < -0.3 is 4.79 Å². The first-order valence-electron chi connectivity index (χ1n) is 2.16. The van der Waals surface area contributed by atoms with Crippen molar-refractivity contribution in [1.82, 2.24) is 0 Å². The van der Waals surface area contributed by atoms with Gasteiger partial charge in [0.25, 0.3) is 0 Å². The smallest absolute Gasteiger partial charge is 0.374 e. The van der Waals surface area contributed by atoms with Crippen molar-refractivity contribution in [3.05, 3.63) is 23.8 Å².